The highest BCUT2D eigenvalue weighted by atomic mass is 16.4. The molecule has 0 aliphatic carbocycles. The standard InChI is InChI=1S/C14H19N3O2/c1-5-8(2)15-14(18)12-7-6-11(19-12)13-9(3)16-17-10(13)4/h6-8H,5H2,1-4H3,(H,15,18)(H,16,17)/t8-/m0/s1. The highest BCUT2D eigenvalue weighted by molar-refractivity contribution is 5.92. The van der Waals surface area contributed by atoms with E-state index >= 15 is 0 Å². The van der Waals surface area contributed by atoms with Crippen molar-refractivity contribution in [3.8, 4) is 11.3 Å². The van der Waals surface area contributed by atoms with E-state index in [1.165, 1.54) is 0 Å². The van der Waals surface area contributed by atoms with E-state index in [0.29, 0.717) is 11.5 Å². The number of aromatic nitrogens is 2. The monoisotopic (exact) mass is 261 g/mol. The number of furan rings is 1. The first kappa shape index (κ1) is 13.4. The highest BCUT2D eigenvalue weighted by Gasteiger charge is 2.17. The van der Waals surface area contributed by atoms with Crippen LogP contribution in [0.4, 0.5) is 0 Å². The zero-order valence-electron chi connectivity index (χ0n) is 11.7. The van der Waals surface area contributed by atoms with E-state index in [0.717, 1.165) is 23.4 Å². The Kier molecular flexibility index (Phi) is 3.74. The summed E-state index contributed by atoms with van der Waals surface area (Å²) in [6.07, 6.45) is 0.888. The van der Waals surface area contributed by atoms with Gasteiger partial charge in [-0.05, 0) is 39.3 Å². The molecule has 2 rings (SSSR count). The van der Waals surface area contributed by atoms with Gasteiger partial charge < -0.3 is 9.73 Å². The summed E-state index contributed by atoms with van der Waals surface area (Å²) in [7, 11) is 0. The summed E-state index contributed by atoms with van der Waals surface area (Å²) in [6, 6.07) is 3.63. The summed E-state index contributed by atoms with van der Waals surface area (Å²) in [5.41, 5.74) is 2.71. The van der Waals surface area contributed by atoms with Crippen LogP contribution in [0.3, 0.4) is 0 Å². The minimum atomic E-state index is -0.181. The fraction of sp³-hybridized carbons (Fsp3) is 0.429. The maximum atomic E-state index is 11.9. The lowest BCUT2D eigenvalue weighted by molar-refractivity contribution is 0.0912. The van der Waals surface area contributed by atoms with Crippen molar-refractivity contribution in [2.45, 2.75) is 40.2 Å². The lowest BCUT2D eigenvalue weighted by Gasteiger charge is -2.09. The highest BCUT2D eigenvalue weighted by Crippen LogP contribution is 2.27. The van der Waals surface area contributed by atoms with E-state index in [9.17, 15) is 4.79 Å². The number of amides is 1. The Balaban J connectivity index is 2.22. The fourth-order valence-electron chi connectivity index (χ4n) is 1.91. The summed E-state index contributed by atoms with van der Waals surface area (Å²) in [5, 5.41) is 9.90. The van der Waals surface area contributed by atoms with Crippen molar-refractivity contribution in [1.29, 1.82) is 0 Å². The molecule has 2 N–H and O–H groups in total. The SMILES string of the molecule is CC[C@H](C)NC(=O)c1ccc(-c2c(C)n[nH]c2C)o1. The number of H-pyrrole nitrogens is 1. The molecule has 2 aromatic rings. The largest absolute Gasteiger partial charge is 0.451 e. The van der Waals surface area contributed by atoms with Crippen LogP contribution < -0.4 is 5.32 Å². The molecule has 0 aliphatic heterocycles. The Labute approximate surface area is 112 Å². The lowest BCUT2D eigenvalue weighted by Crippen LogP contribution is -2.31. The van der Waals surface area contributed by atoms with Gasteiger partial charge in [-0.2, -0.15) is 5.10 Å². The van der Waals surface area contributed by atoms with Gasteiger partial charge in [0.2, 0.25) is 0 Å². The molecule has 0 spiro atoms. The van der Waals surface area contributed by atoms with Gasteiger partial charge >= 0.3 is 0 Å². The average molecular weight is 261 g/mol. The molecule has 19 heavy (non-hydrogen) atoms. The number of aromatic amines is 1. The molecule has 0 fully saturated rings. The van der Waals surface area contributed by atoms with Crippen molar-refractivity contribution in [3.05, 3.63) is 29.3 Å². The molecule has 1 amide bonds. The van der Waals surface area contributed by atoms with Gasteiger partial charge in [0, 0.05) is 11.7 Å². The van der Waals surface area contributed by atoms with Crippen LogP contribution in [0.5, 0.6) is 0 Å². The predicted octanol–water partition coefficient (Wildman–Crippen LogP) is 2.81. The first-order valence-corrected chi connectivity index (χ1v) is 6.45. The summed E-state index contributed by atoms with van der Waals surface area (Å²) >= 11 is 0. The van der Waals surface area contributed by atoms with Gasteiger partial charge in [-0.1, -0.05) is 6.92 Å². The average Bonchev–Trinajstić information content (AvgIpc) is 2.96. The van der Waals surface area contributed by atoms with E-state index in [4.69, 9.17) is 4.42 Å². The first-order chi connectivity index (χ1) is 9.02. The maximum absolute atomic E-state index is 11.9. The third-order valence-corrected chi connectivity index (χ3v) is 3.19. The van der Waals surface area contributed by atoms with Gasteiger partial charge in [-0.25, -0.2) is 0 Å². The van der Waals surface area contributed by atoms with Crippen LogP contribution in [0.1, 0.15) is 42.2 Å². The van der Waals surface area contributed by atoms with Crippen molar-refractivity contribution < 1.29 is 9.21 Å². The Morgan fingerprint density at radius 3 is 2.79 bits per heavy atom. The van der Waals surface area contributed by atoms with Gasteiger partial charge in [0.05, 0.1) is 11.3 Å². The van der Waals surface area contributed by atoms with Gasteiger partial charge in [-0.3, -0.25) is 9.89 Å². The number of nitrogens with zero attached hydrogens (tertiary/aromatic N) is 1. The second kappa shape index (κ2) is 5.30. The second-order valence-corrected chi connectivity index (χ2v) is 4.76. The third kappa shape index (κ3) is 2.70. The Hall–Kier alpha value is -2.04. The lowest BCUT2D eigenvalue weighted by atomic mass is 10.1. The van der Waals surface area contributed by atoms with Crippen LogP contribution in [0.15, 0.2) is 16.5 Å². The first-order valence-electron chi connectivity index (χ1n) is 6.45. The van der Waals surface area contributed by atoms with Crippen LogP contribution in [-0.4, -0.2) is 22.1 Å². The normalized spacial score (nSPS) is 12.4. The predicted molar refractivity (Wildman–Crippen MR) is 73.0 cm³/mol. The topological polar surface area (TPSA) is 70.9 Å². The van der Waals surface area contributed by atoms with E-state index < -0.39 is 0 Å². The van der Waals surface area contributed by atoms with Crippen LogP contribution in [0, 0.1) is 13.8 Å². The van der Waals surface area contributed by atoms with Crippen LogP contribution in [0.25, 0.3) is 11.3 Å². The molecule has 2 heterocycles. The van der Waals surface area contributed by atoms with Crippen molar-refractivity contribution in [3.63, 3.8) is 0 Å². The van der Waals surface area contributed by atoms with Crippen molar-refractivity contribution in [2.75, 3.05) is 0 Å². The molecular formula is C14H19N3O2. The van der Waals surface area contributed by atoms with Crippen molar-refractivity contribution in [1.82, 2.24) is 15.5 Å². The number of carbonyl (C=O) groups is 1. The smallest absolute Gasteiger partial charge is 0.287 e. The van der Waals surface area contributed by atoms with Gasteiger partial charge in [0.15, 0.2) is 5.76 Å². The minimum absolute atomic E-state index is 0.137. The summed E-state index contributed by atoms with van der Waals surface area (Å²) in [6.45, 7) is 7.82. The molecule has 102 valence electrons. The Morgan fingerprint density at radius 1 is 1.47 bits per heavy atom. The van der Waals surface area contributed by atoms with E-state index in [-0.39, 0.29) is 11.9 Å². The quantitative estimate of drug-likeness (QED) is 0.889. The van der Waals surface area contributed by atoms with Crippen LogP contribution in [0.2, 0.25) is 0 Å². The number of aryl methyl sites for hydroxylation is 2. The molecule has 0 radical (unpaired) electrons. The molecular weight excluding hydrogens is 242 g/mol. The van der Waals surface area contributed by atoms with E-state index in [2.05, 4.69) is 15.5 Å². The number of rotatable bonds is 4. The number of nitrogens with one attached hydrogen (secondary N) is 2. The summed E-state index contributed by atoms with van der Waals surface area (Å²) < 4.78 is 5.62. The zero-order valence-corrected chi connectivity index (χ0v) is 11.7. The van der Waals surface area contributed by atoms with Gasteiger partial charge in [0.1, 0.15) is 5.76 Å². The Morgan fingerprint density at radius 2 is 2.21 bits per heavy atom. The summed E-state index contributed by atoms with van der Waals surface area (Å²) in [4.78, 5) is 11.9. The van der Waals surface area contributed by atoms with Gasteiger partial charge in [-0.15, -0.1) is 0 Å². The van der Waals surface area contributed by atoms with E-state index in [1.54, 1.807) is 12.1 Å². The number of hydrogen-bond acceptors (Lipinski definition) is 3. The van der Waals surface area contributed by atoms with Gasteiger partial charge in [0.25, 0.3) is 5.91 Å². The molecule has 1 atom stereocenters. The summed E-state index contributed by atoms with van der Waals surface area (Å²) in [5.74, 6) is 0.813. The molecule has 0 saturated heterocycles. The molecule has 2 aromatic heterocycles. The molecule has 0 bridgehead atoms. The fourth-order valence-corrected chi connectivity index (χ4v) is 1.91. The Bertz CT molecular complexity index is 564. The minimum Gasteiger partial charge on any atom is -0.451 e. The maximum Gasteiger partial charge on any atom is 0.287 e. The van der Waals surface area contributed by atoms with Crippen LogP contribution in [-0.2, 0) is 0 Å². The molecule has 5 nitrogen and oxygen atoms in total. The van der Waals surface area contributed by atoms with Crippen molar-refractivity contribution in [2.24, 2.45) is 0 Å². The number of hydrogen-bond donors (Lipinski definition) is 2. The molecule has 0 unspecified atom stereocenters. The second-order valence-electron chi connectivity index (χ2n) is 4.76. The molecule has 5 heteroatoms. The molecule has 0 aromatic carbocycles. The molecule has 0 aliphatic rings. The molecule has 0 saturated carbocycles. The van der Waals surface area contributed by atoms with Crippen LogP contribution >= 0.6 is 0 Å². The zero-order chi connectivity index (χ0) is 14.0. The number of carbonyl (C=O) groups excluding carboxylic acids is 1. The van der Waals surface area contributed by atoms with E-state index in [1.807, 2.05) is 27.7 Å². The van der Waals surface area contributed by atoms with Crippen molar-refractivity contribution >= 4 is 5.91 Å². The third-order valence-electron chi connectivity index (χ3n) is 3.19.